The van der Waals surface area contributed by atoms with Crippen LogP contribution < -0.4 is 5.32 Å². The molecule has 0 spiro atoms. The number of nitro groups is 1. The molecule has 1 atom stereocenters. The number of hydrogen-bond acceptors (Lipinski definition) is 5. The van der Waals surface area contributed by atoms with Gasteiger partial charge in [-0.15, -0.1) is 0 Å². The minimum Gasteiger partial charge on any atom is -0.445 e. The molecular formula is C17H18N2O5. The molecule has 1 N–H and O–H groups in total. The first-order chi connectivity index (χ1) is 11.6. The van der Waals surface area contributed by atoms with Gasteiger partial charge in [0.2, 0.25) is 0 Å². The molecule has 126 valence electrons. The molecule has 2 aromatic carbocycles. The second-order valence-corrected chi connectivity index (χ2v) is 4.89. The number of nitrogens with one attached hydrogen (secondary N) is 1. The highest BCUT2D eigenvalue weighted by Gasteiger charge is 2.17. The van der Waals surface area contributed by atoms with E-state index in [1.54, 1.807) is 6.92 Å². The summed E-state index contributed by atoms with van der Waals surface area (Å²) >= 11 is 0. The minimum absolute atomic E-state index is 0.0272. The molecule has 0 radical (unpaired) electrons. The number of benzene rings is 2. The predicted octanol–water partition coefficient (Wildman–Crippen LogP) is 3.56. The van der Waals surface area contributed by atoms with Crippen LogP contribution in [-0.4, -0.2) is 17.6 Å². The van der Waals surface area contributed by atoms with Crippen molar-refractivity contribution < 1.29 is 19.2 Å². The number of nitro benzene ring substituents is 1. The number of rotatable bonds is 7. The van der Waals surface area contributed by atoms with Gasteiger partial charge in [-0.1, -0.05) is 30.3 Å². The normalized spacial score (nSPS) is 11.5. The van der Waals surface area contributed by atoms with Crippen LogP contribution in [0.15, 0.2) is 54.6 Å². The smallest absolute Gasteiger partial charge is 0.409 e. The van der Waals surface area contributed by atoms with E-state index in [1.165, 1.54) is 24.3 Å². The lowest BCUT2D eigenvalue weighted by molar-refractivity contribution is -0.384. The summed E-state index contributed by atoms with van der Waals surface area (Å²) in [6.45, 7) is 2.29. The van der Waals surface area contributed by atoms with Crippen molar-refractivity contribution in [2.75, 3.05) is 6.61 Å². The molecule has 0 aliphatic carbocycles. The fraction of sp³-hybridized carbons (Fsp3) is 0.235. The van der Waals surface area contributed by atoms with Gasteiger partial charge < -0.3 is 9.47 Å². The van der Waals surface area contributed by atoms with Gasteiger partial charge in [0, 0.05) is 24.3 Å². The largest absolute Gasteiger partial charge is 0.445 e. The quantitative estimate of drug-likeness (QED) is 0.476. The number of alkyl carbamates (subject to hydrolysis) is 1. The Morgan fingerprint density at radius 3 is 2.42 bits per heavy atom. The number of non-ortho nitro benzene ring substituents is 1. The molecule has 0 aliphatic heterocycles. The Kier molecular flexibility index (Phi) is 6.27. The van der Waals surface area contributed by atoms with E-state index in [9.17, 15) is 14.9 Å². The second kappa shape index (κ2) is 8.64. The Balaban J connectivity index is 1.96. The van der Waals surface area contributed by atoms with Crippen LogP contribution in [0.2, 0.25) is 0 Å². The molecule has 7 heteroatoms. The van der Waals surface area contributed by atoms with Gasteiger partial charge >= 0.3 is 6.09 Å². The molecule has 24 heavy (non-hydrogen) atoms. The zero-order chi connectivity index (χ0) is 17.4. The van der Waals surface area contributed by atoms with Crippen LogP contribution in [0.5, 0.6) is 0 Å². The first kappa shape index (κ1) is 17.4. The van der Waals surface area contributed by atoms with Gasteiger partial charge in [0.05, 0.1) is 4.92 Å². The molecule has 0 aliphatic rings. The summed E-state index contributed by atoms with van der Waals surface area (Å²) in [5, 5.41) is 13.3. The maximum Gasteiger partial charge on any atom is 0.409 e. The molecule has 0 saturated carbocycles. The average molecular weight is 330 g/mol. The summed E-state index contributed by atoms with van der Waals surface area (Å²) in [7, 11) is 0. The molecule has 0 aromatic heterocycles. The van der Waals surface area contributed by atoms with Crippen LogP contribution in [0.4, 0.5) is 10.5 Å². The Hall–Kier alpha value is -2.93. The molecule has 0 bridgehead atoms. The first-order valence-corrected chi connectivity index (χ1v) is 7.43. The van der Waals surface area contributed by atoms with Crippen LogP contribution in [0.1, 0.15) is 24.3 Å². The SMILES string of the molecule is CCOC(NC(=O)OCc1ccccc1)c1ccc([N+](=O)[O-])cc1. The molecule has 0 saturated heterocycles. The van der Waals surface area contributed by atoms with Gasteiger partial charge in [0.1, 0.15) is 6.61 Å². The van der Waals surface area contributed by atoms with E-state index in [4.69, 9.17) is 9.47 Å². The van der Waals surface area contributed by atoms with Crippen molar-refractivity contribution in [3.05, 3.63) is 75.8 Å². The van der Waals surface area contributed by atoms with Gasteiger partial charge in [-0.25, -0.2) is 4.79 Å². The van der Waals surface area contributed by atoms with Crippen LogP contribution in [-0.2, 0) is 16.1 Å². The summed E-state index contributed by atoms with van der Waals surface area (Å²) < 4.78 is 10.6. The molecule has 2 aromatic rings. The molecule has 1 unspecified atom stereocenters. The first-order valence-electron chi connectivity index (χ1n) is 7.43. The Morgan fingerprint density at radius 1 is 1.17 bits per heavy atom. The maximum atomic E-state index is 11.9. The van der Waals surface area contributed by atoms with E-state index in [-0.39, 0.29) is 12.3 Å². The molecule has 0 heterocycles. The standard InChI is InChI=1S/C17H18N2O5/c1-2-23-16(14-8-10-15(11-9-14)19(21)22)18-17(20)24-12-13-6-4-3-5-7-13/h3-11,16H,2,12H2,1H3,(H,18,20). The third-order valence-electron chi connectivity index (χ3n) is 3.20. The van der Waals surface area contributed by atoms with Crippen LogP contribution in [0.3, 0.4) is 0 Å². The number of carbonyl (C=O) groups is 1. The van der Waals surface area contributed by atoms with Crippen LogP contribution in [0, 0.1) is 10.1 Å². The number of ether oxygens (including phenoxy) is 2. The topological polar surface area (TPSA) is 90.7 Å². The van der Waals surface area contributed by atoms with Crippen molar-refractivity contribution in [3.8, 4) is 0 Å². The van der Waals surface area contributed by atoms with Crippen molar-refractivity contribution >= 4 is 11.8 Å². The lowest BCUT2D eigenvalue weighted by Gasteiger charge is -2.18. The molecule has 7 nitrogen and oxygen atoms in total. The van der Waals surface area contributed by atoms with E-state index < -0.39 is 17.2 Å². The minimum atomic E-state index is -0.737. The highest BCUT2D eigenvalue weighted by Crippen LogP contribution is 2.19. The lowest BCUT2D eigenvalue weighted by atomic mass is 10.2. The highest BCUT2D eigenvalue weighted by atomic mass is 16.6. The Bertz CT molecular complexity index is 673. The summed E-state index contributed by atoms with van der Waals surface area (Å²) in [5.41, 5.74) is 1.44. The number of amides is 1. The highest BCUT2D eigenvalue weighted by molar-refractivity contribution is 5.67. The third-order valence-corrected chi connectivity index (χ3v) is 3.20. The van der Waals surface area contributed by atoms with E-state index in [1.807, 2.05) is 30.3 Å². The maximum absolute atomic E-state index is 11.9. The number of carbonyl (C=O) groups excluding carboxylic acids is 1. The van der Waals surface area contributed by atoms with Gasteiger partial charge in [-0.3, -0.25) is 15.4 Å². The van der Waals surface area contributed by atoms with E-state index >= 15 is 0 Å². The summed E-state index contributed by atoms with van der Waals surface area (Å²) in [6.07, 6.45) is -1.37. The van der Waals surface area contributed by atoms with Crippen molar-refractivity contribution in [2.45, 2.75) is 19.8 Å². The lowest BCUT2D eigenvalue weighted by Crippen LogP contribution is -2.30. The summed E-state index contributed by atoms with van der Waals surface area (Å²) in [4.78, 5) is 22.1. The van der Waals surface area contributed by atoms with Gasteiger partial charge in [0.25, 0.3) is 5.69 Å². The van der Waals surface area contributed by atoms with Crippen LogP contribution in [0.25, 0.3) is 0 Å². The molecular weight excluding hydrogens is 312 g/mol. The fourth-order valence-corrected chi connectivity index (χ4v) is 2.03. The monoisotopic (exact) mass is 330 g/mol. The molecule has 0 fully saturated rings. The fourth-order valence-electron chi connectivity index (χ4n) is 2.03. The second-order valence-electron chi connectivity index (χ2n) is 4.89. The zero-order valence-electron chi connectivity index (χ0n) is 13.2. The molecule has 2 rings (SSSR count). The van der Waals surface area contributed by atoms with E-state index in [2.05, 4.69) is 5.32 Å². The summed E-state index contributed by atoms with van der Waals surface area (Å²) in [5.74, 6) is 0. The van der Waals surface area contributed by atoms with E-state index in [0.29, 0.717) is 12.2 Å². The summed E-state index contributed by atoms with van der Waals surface area (Å²) in [6, 6.07) is 15.1. The Morgan fingerprint density at radius 2 is 1.83 bits per heavy atom. The predicted molar refractivity (Wildman–Crippen MR) is 87.2 cm³/mol. The Labute approximate surface area is 139 Å². The van der Waals surface area contributed by atoms with Gasteiger partial charge in [-0.05, 0) is 24.6 Å². The van der Waals surface area contributed by atoms with Crippen LogP contribution >= 0.6 is 0 Å². The van der Waals surface area contributed by atoms with Crippen molar-refractivity contribution in [2.24, 2.45) is 0 Å². The van der Waals surface area contributed by atoms with Gasteiger partial charge in [0.15, 0.2) is 6.23 Å². The van der Waals surface area contributed by atoms with Gasteiger partial charge in [-0.2, -0.15) is 0 Å². The van der Waals surface area contributed by atoms with E-state index in [0.717, 1.165) is 5.56 Å². The molecule has 1 amide bonds. The third kappa shape index (κ3) is 5.06. The number of hydrogen-bond donors (Lipinski definition) is 1. The number of nitrogens with zero attached hydrogens (tertiary/aromatic N) is 1. The van der Waals surface area contributed by atoms with Crippen molar-refractivity contribution in [1.29, 1.82) is 0 Å². The van der Waals surface area contributed by atoms with Crippen molar-refractivity contribution in [3.63, 3.8) is 0 Å². The zero-order valence-corrected chi connectivity index (χ0v) is 13.2. The van der Waals surface area contributed by atoms with Crippen molar-refractivity contribution in [1.82, 2.24) is 5.32 Å². The average Bonchev–Trinajstić information content (AvgIpc) is 2.60.